The Balaban J connectivity index is 1.50. The van der Waals surface area contributed by atoms with Crippen molar-refractivity contribution < 1.29 is 9.18 Å². The number of carbonyl (C=O) groups is 1. The van der Waals surface area contributed by atoms with Crippen molar-refractivity contribution in [2.45, 2.75) is 25.8 Å². The quantitative estimate of drug-likeness (QED) is 0.943. The van der Waals surface area contributed by atoms with Crippen molar-refractivity contribution in [2.24, 2.45) is 0 Å². The van der Waals surface area contributed by atoms with E-state index in [0.717, 1.165) is 37.2 Å². The van der Waals surface area contributed by atoms with E-state index in [4.69, 9.17) is 0 Å². The minimum absolute atomic E-state index is 0.00205. The predicted octanol–water partition coefficient (Wildman–Crippen LogP) is 2.88. The van der Waals surface area contributed by atoms with Crippen LogP contribution in [0, 0.1) is 5.82 Å². The fourth-order valence-electron chi connectivity index (χ4n) is 2.77. The highest BCUT2D eigenvalue weighted by atomic mass is 19.1. The van der Waals surface area contributed by atoms with Gasteiger partial charge >= 0.3 is 6.03 Å². The number of piperidine rings is 1. The molecule has 2 heterocycles. The van der Waals surface area contributed by atoms with Crippen LogP contribution in [0.2, 0.25) is 0 Å². The molecule has 1 aliphatic rings. The van der Waals surface area contributed by atoms with Crippen LogP contribution in [0.4, 0.5) is 9.18 Å². The molecule has 1 saturated heterocycles. The molecule has 2 aromatic rings. The molecule has 0 atom stereocenters. The van der Waals surface area contributed by atoms with Crippen LogP contribution < -0.4 is 5.32 Å². The average molecular weight is 316 g/mol. The number of halogens is 1. The van der Waals surface area contributed by atoms with Crippen molar-refractivity contribution in [1.29, 1.82) is 0 Å². The molecule has 122 valence electrons. The Morgan fingerprint density at radius 2 is 2.04 bits per heavy atom. The van der Waals surface area contributed by atoms with Crippen LogP contribution >= 0.6 is 0 Å². The second-order valence-corrected chi connectivity index (χ2v) is 5.75. The molecule has 1 aliphatic heterocycles. The minimum atomic E-state index is -0.272. The lowest BCUT2D eigenvalue weighted by molar-refractivity contribution is 0.186. The molecule has 2 amide bonds. The van der Waals surface area contributed by atoms with Crippen molar-refractivity contribution >= 4 is 6.03 Å². The van der Waals surface area contributed by atoms with Gasteiger partial charge in [-0.05, 0) is 37.5 Å². The normalized spacial score (nSPS) is 14.7. The van der Waals surface area contributed by atoms with E-state index in [9.17, 15) is 9.18 Å². The second kappa shape index (κ2) is 7.26. The fourth-order valence-corrected chi connectivity index (χ4v) is 2.77. The van der Waals surface area contributed by atoms with Crippen molar-refractivity contribution in [3.05, 3.63) is 42.3 Å². The van der Waals surface area contributed by atoms with Gasteiger partial charge in [-0.2, -0.15) is 5.10 Å². The fraction of sp³-hybridized carbons (Fsp3) is 0.412. The van der Waals surface area contributed by atoms with E-state index in [0.29, 0.717) is 13.1 Å². The summed E-state index contributed by atoms with van der Waals surface area (Å²) in [6.45, 7) is 2.81. The Labute approximate surface area is 135 Å². The molecule has 0 radical (unpaired) electrons. The second-order valence-electron chi connectivity index (χ2n) is 5.75. The maximum atomic E-state index is 13.2. The van der Waals surface area contributed by atoms with Gasteiger partial charge in [-0.3, -0.25) is 4.68 Å². The zero-order chi connectivity index (χ0) is 16.1. The van der Waals surface area contributed by atoms with Gasteiger partial charge in [0.2, 0.25) is 0 Å². The number of amides is 2. The zero-order valence-electron chi connectivity index (χ0n) is 13.0. The molecule has 3 rings (SSSR count). The number of carbonyl (C=O) groups excluding carboxylic acids is 1. The Morgan fingerprint density at radius 1 is 1.22 bits per heavy atom. The minimum Gasteiger partial charge on any atom is -0.336 e. The van der Waals surface area contributed by atoms with E-state index < -0.39 is 0 Å². The Morgan fingerprint density at radius 3 is 2.83 bits per heavy atom. The number of hydrogen-bond donors (Lipinski definition) is 1. The highest BCUT2D eigenvalue weighted by Crippen LogP contribution is 2.17. The topological polar surface area (TPSA) is 50.2 Å². The van der Waals surface area contributed by atoms with Crippen molar-refractivity contribution in [1.82, 2.24) is 20.0 Å². The lowest BCUT2D eigenvalue weighted by Crippen LogP contribution is -2.43. The number of hydrogen-bond acceptors (Lipinski definition) is 2. The van der Waals surface area contributed by atoms with Crippen molar-refractivity contribution in [2.75, 3.05) is 19.6 Å². The Hall–Kier alpha value is -2.37. The van der Waals surface area contributed by atoms with Crippen LogP contribution in [-0.2, 0) is 6.54 Å². The third-order valence-corrected chi connectivity index (χ3v) is 4.02. The van der Waals surface area contributed by atoms with E-state index in [2.05, 4.69) is 10.4 Å². The standard InChI is InChI=1S/C17H21FN4O/c18-15-6-4-5-14(13-15)16-7-11-22(20-16)12-8-19-17(23)21-9-2-1-3-10-21/h4-7,11,13H,1-3,8-10,12H2,(H,19,23). The number of rotatable bonds is 4. The maximum Gasteiger partial charge on any atom is 0.317 e. The predicted molar refractivity (Wildman–Crippen MR) is 86.4 cm³/mol. The molecule has 1 aromatic heterocycles. The van der Waals surface area contributed by atoms with E-state index >= 15 is 0 Å². The van der Waals surface area contributed by atoms with Crippen LogP contribution in [0.15, 0.2) is 36.5 Å². The SMILES string of the molecule is O=C(NCCn1ccc(-c2cccc(F)c2)n1)N1CCCCC1. The highest BCUT2D eigenvalue weighted by molar-refractivity contribution is 5.74. The van der Waals surface area contributed by atoms with Gasteiger partial charge in [-0.1, -0.05) is 12.1 Å². The van der Waals surface area contributed by atoms with E-state index in [1.165, 1.54) is 18.6 Å². The van der Waals surface area contributed by atoms with Gasteiger partial charge in [0.05, 0.1) is 12.2 Å². The van der Waals surface area contributed by atoms with Gasteiger partial charge in [0.15, 0.2) is 0 Å². The molecular weight excluding hydrogens is 295 g/mol. The molecule has 0 aliphatic carbocycles. The van der Waals surface area contributed by atoms with Crippen molar-refractivity contribution in [3.8, 4) is 11.3 Å². The molecular formula is C17H21FN4O. The molecule has 23 heavy (non-hydrogen) atoms. The smallest absolute Gasteiger partial charge is 0.317 e. The van der Waals surface area contributed by atoms with Gasteiger partial charge < -0.3 is 10.2 Å². The third-order valence-electron chi connectivity index (χ3n) is 4.02. The van der Waals surface area contributed by atoms with E-state index in [1.54, 1.807) is 10.7 Å². The Bertz CT molecular complexity index is 664. The van der Waals surface area contributed by atoms with Crippen molar-refractivity contribution in [3.63, 3.8) is 0 Å². The van der Waals surface area contributed by atoms with Crippen LogP contribution in [-0.4, -0.2) is 40.3 Å². The Kier molecular flexibility index (Phi) is 4.90. The third kappa shape index (κ3) is 4.09. The molecule has 6 heteroatoms. The summed E-state index contributed by atoms with van der Waals surface area (Å²) in [6.07, 6.45) is 5.22. The van der Waals surface area contributed by atoms with Gasteiger partial charge in [-0.15, -0.1) is 0 Å². The summed E-state index contributed by atoms with van der Waals surface area (Å²) in [5.74, 6) is -0.272. The van der Waals surface area contributed by atoms with E-state index in [-0.39, 0.29) is 11.8 Å². The largest absolute Gasteiger partial charge is 0.336 e. The first-order valence-corrected chi connectivity index (χ1v) is 8.04. The van der Waals surface area contributed by atoms with Gasteiger partial charge in [0.1, 0.15) is 5.82 Å². The zero-order valence-corrected chi connectivity index (χ0v) is 13.0. The first kappa shape index (κ1) is 15.5. The molecule has 1 fully saturated rings. The van der Waals surface area contributed by atoms with Crippen LogP contribution in [0.1, 0.15) is 19.3 Å². The summed E-state index contributed by atoms with van der Waals surface area (Å²) in [4.78, 5) is 13.9. The number of urea groups is 1. The number of aromatic nitrogens is 2. The van der Waals surface area contributed by atoms with Crippen LogP contribution in [0.25, 0.3) is 11.3 Å². The van der Waals surface area contributed by atoms with Gasteiger partial charge in [0.25, 0.3) is 0 Å². The van der Waals surface area contributed by atoms with Gasteiger partial charge in [0, 0.05) is 31.4 Å². The first-order valence-electron chi connectivity index (χ1n) is 8.04. The summed E-state index contributed by atoms with van der Waals surface area (Å²) in [6, 6.07) is 8.22. The summed E-state index contributed by atoms with van der Waals surface area (Å²) in [5, 5.41) is 7.34. The summed E-state index contributed by atoms with van der Waals surface area (Å²) in [5.41, 5.74) is 1.48. The molecule has 0 spiro atoms. The van der Waals surface area contributed by atoms with E-state index in [1.807, 2.05) is 23.2 Å². The summed E-state index contributed by atoms with van der Waals surface area (Å²) >= 11 is 0. The summed E-state index contributed by atoms with van der Waals surface area (Å²) < 4.78 is 15.0. The van der Waals surface area contributed by atoms with Crippen LogP contribution in [0.3, 0.4) is 0 Å². The number of nitrogens with zero attached hydrogens (tertiary/aromatic N) is 3. The molecule has 1 aromatic carbocycles. The first-order chi connectivity index (χ1) is 11.2. The number of likely N-dealkylation sites (tertiary alicyclic amines) is 1. The lowest BCUT2D eigenvalue weighted by atomic mass is 10.1. The lowest BCUT2D eigenvalue weighted by Gasteiger charge is -2.26. The highest BCUT2D eigenvalue weighted by Gasteiger charge is 2.15. The number of nitrogens with one attached hydrogen (secondary N) is 1. The molecule has 5 nitrogen and oxygen atoms in total. The average Bonchev–Trinajstić information content (AvgIpc) is 3.04. The molecule has 1 N–H and O–H groups in total. The summed E-state index contributed by atoms with van der Waals surface area (Å²) in [7, 11) is 0. The van der Waals surface area contributed by atoms with Crippen LogP contribution in [0.5, 0.6) is 0 Å². The number of benzene rings is 1. The monoisotopic (exact) mass is 316 g/mol. The molecule has 0 saturated carbocycles. The molecule has 0 unspecified atom stereocenters. The molecule has 0 bridgehead atoms. The van der Waals surface area contributed by atoms with Gasteiger partial charge in [-0.25, -0.2) is 9.18 Å². The maximum absolute atomic E-state index is 13.2.